The number of alkyl halides is 4. The summed E-state index contributed by atoms with van der Waals surface area (Å²) in [5.41, 5.74) is 2.83. The first-order valence-electron chi connectivity index (χ1n) is 7.83. The zero-order valence-corrected chi connectivity index (χ0v) is 20.2. The van der Waals surface area contributed by atoms with Crippen molar-refractivity contribution < 1.29 is 0 Å². The molecule has 0 fully saturated rings. The van der Waals surface area contributed by atoms with Gasteiger partial charge in [0.1, 0.15) is 0 Å². The van der Waals surface area contributed by atoms with Gasteiger partial charge in [-0.2, -0.15) is 0 Å². The molecule has 25 heavy (non-hydrogen) atoms. The van der Waals surface area contributed by atoms with Gasteiger partial charge >= 0.3 is 0 Å². The van der Waals surface area contributed by atoms with Crippen LogP contribution in [0.2, 0.25) is 0 Å². The van der Waals surface area contributed by atoms with Gasteiger partial charge in [0.05, 0.1) is 0 Å². The SMILES string of the molecule is Cc1sc(C)c(CN(CCCl)CCCl)c1CN(CCCl)CCCl.Cl.Cl. The maximum Gasteiger partial charge on any atom is 0.0351 e. The number of hydrogen-bond donors (Lipinski definition) is 0. The summed E-state index contributed by atoms with van der Waals surface area (Å²) in [6.45, 7) is 9.63. The number of hydrogen-bond acceptors (Lipinski definition) is 3. The fourth-order valence-corrected chi connectivity index (χ4v) is 4.69. The quantitative estimate of drug-likeness (QED) is 0.342. The summed E-state index contributed by atoms with van der Waals surface area (Å²) in [4.78, 5) is 7.41. The minimum Gasteiger partial charge on any atom is -0.297 e. The summed E-state index contributed by atoms with van der Waals surface area (Å²) in [6, 6.07) is 0. The zero-order valence-electron chi connectivity index (χ0n) is 14.7. The Kier molecular flexibility index (Phi) is 18.7. The van der Waals surface area contributed by atoms with Crippen molar-refractivity contribution in [2.24, 2.45) is 0 Å². The molecule has 0 saturated heterocycles. The lowest BCUT2D eigenvalue weighted by atomic mass is 10.1. The first-order valence-corrected chi connectivity index (χ1v) is 10.8. The third-order valence-electron chi connectivity index (χ3n) is 3.89. The van der Waals surface area contributed by atoms with E-state index in [9.17, 15) is 0 Å². The predicted molar refractivity (Wildman–Crippen MR) is 122 cm³/mol. The van der Waals surface area contributed by atoms with Crippen molar-refractivity contribution >= 4 is 82.6 Å². The molecule has 9 heteroatoms. The predicted octanol–water partition coefficient (Wildman–Crippen LogP) is 5.77. The molecule has 0 aliphatic heterocycles. The van der Waals surface area contributed by atoms with E-state index in [1.807, 2.05) is 11.3 Å². The van der Waals surface area contributed by atoms with E-state index >= 15 is 0 Å². The number of aryl methyl sites for hydroxylation is 2. The number of halogens is 6. The summed E-state index contributed by atoms with van der Waals surface area (Å²) in [7, 11) is 0. The van der Waals surface area contributed by atoms with Gasteiger partial charge in [0, 0.05) is 72.5 Å². The summed E-state index contributed by atoms with van der Waals surface area (Å²) in [5, 5.41) is 0. The van der Waals surface area contributed by atoms with Gasteiger partial charge in [-0.1, -0.05) is 0 Å². The van der Waals surface area contributed by atoms with E-state index in [1.54, 1.807) is 0 Å². The Morgan fingerprint density at radius 2 is 0.920 bits per heavy atom. The third-order valence-corrected chi connectivity index (χ3v) is 5.67. The molecule has 0 N–H and O–H groups in total. The fraction of sp³-hybridized carbons (Fsp3) is 0.750. The molecule has 0 atom stereocenters. The van der Waals surface area contributed by atoms with Gasteiger partial charge in [-0.25, -0.2) is 0 Å². The maximum absolute atomic E-state index is 5.93. The number of rotatable bonds is 12. The second-order valence-corrected chi connectivity index (χ2v) is 8.42. The van der Waals surface area contributed by atoms with Crippen molar-refractivity contribution in [2.75, 3.05) is 49.7 Å². The molecule has 0 unspecified atom stereocenters. The monoisotopic (exact) mass is 490 g/mol. The fourth-order valence-electron chi connectivity index (χ4n) is 2.66. The van der Waals surface area contributed by atoms with Crippen LogP contribution in [0.25, 0.3) is 0 Å². The van der Waals surface area contributed by atoms with Crippen LogP contribution in [-0.4, -0.2) is 59.5 Å². The molecule has 0 amide bonds. The molecule has 0 aromatic carbocycles. The van der Waals surface area contributed by atoms with E-state index in [-0.39, 0.29) is 24.8 Å². The van der Waals surface area contributed by atoms with Gasteiger partial charge in [-0.05, 0) is 25.0 Å². The van der Waals surface area contributed by atoms with Crippen LogP contribution in [0.3, 0.4) is 0 Å². The number of thiophene rings is 1. The lowest BCUT2D eigenvalue weighted by Gasteiger charge is -2.24. The van der Waals surface area contributed by atoms with Crippen LogP contribution >= 0.6 is 82.6 Å². The van der Waals surface area contributed by atoms with Crippen molar-refractivity contribution in [2.45, 2.75) is 26.9 Å². The summed E-state index contributed by atoms with van der Waals surface area (Å²) < 4.78 is 0. The highest BCUT2D eigenvalue weighted by molar-refractivity contribution is 7.12. The van der Waals surface area contributed by atoms with Gasteiger partial charge in [0.2, 0.25) is 0 Å². The molecule has 0 bridgehead atoms. The molecule has 0 spiro atoms. The largest absolute Gasteiger partial charge is 0.297 e. The lowest BCUT2D eigenvalue weighted by Crippen LogP contribution is -2.30. The number of nitrogens with zero attached hydrogens (tertiary/aromatic N) is 2. The molecule has 1 heterocycles. The molecular formula is C16H28Cl6N2S. The van der Waals surface area contributed by atoms with Gasteiger partial charge in [-0.15, -0.1) is 82.6 Å². The van der Waals surface area contributed by atoms with E-state index in [2.05, 4.69) is 23.6 Å². The Hall–Kier alpha value is 1.36. The Bertz CT molecular complexity index is 408. The molecule has 0 radical (unpaired) electrons. The molecule has 0 saturated carbocycles. The van der Waals surface area contributed by atoms with E-state index in [1.165, 1.54) is 20.9 Å². The maximum atomic E-state index is 5.93. The molecule has 1 aromatic heterocycles. The highest BCUT2D eigenvalue weighted by Gasteiger charge is 2.18. The van der Waals surface area contributed by atoms with Gasteiger partial charge < -0.3 is 0 Å². The topological polar surface area (TPSA) is 6.48 Å². The smallest absolute Gasteiger partial charge is 0.0351 e. The van der Waals surface area contributed by atoms with E-state index in [4.69, 9.17) is 46.4 Å². The van der Waals surface area contributed by atoms with Gasteiger partial charge in [0.15, 0.2) is 0 Å². The molecule has 2 nitrogen and oxygen atoms in total. The normalized spacial score (nSPS) is 10.9. The third kappa shape index (κ3) is 9.91. The molecular weight excluding hydrogens is 465 g/mol. The van der Waals surface area contributed by atoms with Crippen molar-refractivity contribution in [3.05, 3.63) is 20.9 Å². The van der Waals surface area contributed by atoms with Crippen LogP contribution < -0.4 is 0 Å². The van der Waals surface area contributed by atoms with E-state index < -0.39 is 0 Å². The second kappa shape index (κ2) is 16.3. The van der Waals surface area contributed by atoms with Crippen LogP contribution in [0.1, 0.15) is 20.9 Å². The van der Waals surface area contributed by atoms with E-state index in [0.29, 0.717) is 23.5 Å². The highest BCUT2D eigenvalue weighted by Crippen LogP contribution is 2.30. The van der Waals surface area contributed by atoms with Crippen molar-refractivity contribution in [1.82, 2.24) is 9.80 Å². The standard InChI is InChI=1S/C16H26Cl4N2S.2ClH/c1-13-15(11-21(7-3-17)8-4-18)16(14(2)23-13)12-22(9-5-19)10-6-20;;/h3-12H2,1-2H3;2*1H. The van der Waals surface area contributed by atoms with Crippen LogP contribution in [0.15, 0.2) is 0 Å². The van der Waals surface area contributed by atoms with Crippen molar-refractivity contribution in [3.63, 3.8) is 0 Å². The first kappa shape index (κ1) is 28.6. The molecule has 150 valence electrons. The average molecular weight is 493 g/mol. The molecule has 1 aromatic rings. The molecule has 1 rings (SSSR count). The van der Waals surface area contributed by atoms with Gasteiger partial charge in [-0.3, -0.25) is 9.80 Å². The zero-order chi connectivity index (χ0) is 17.2. The Balaban J connectivity index is 0. The second-order valence-electron chi connectivity index (χ2n) is 5.48. The Labute approximate surface area is 188 Å². The van der Waals surface area contributed by atoms with Crippen LogP contribution in [0.5, 0.6) is 0 Å². The molecule has 0 aliphatic carbocycles. The summed E-state index contributed by atoms with van der Waals surface area (Å²) in [6.07, 6.45) is 0. The summed E-state index contributed by atoms with van der Waals surface area (Å²) >= 11 is 25.6. The minimum atomic E-state index is 0. The minimum absolute atomic E-state index is 0. The van der Waals surface area contributed by atoms with Crippen LogP contribution in [0, 0.1) is 13.8 Å². The van der Waals surface area contributed by atoms with Gasteiger partial charge in [0.25, 0.3) is 0 Å². The average Bonchev–Trinajstić information content (AvgIpc) is 2.75. The van der Waals surface area contributed by atoms with Crippen LogP contribution in [-0.2, 0) is 13.1 Å². The lowest BCUT2D eigenvalue weighted by molar-refractivity contribution is 0.284. The Morgan fingerprint density at radius 3 is 1.16 bits per heavy atom. The summed E-state index contributed by atoms with van der Waals surface area (Å²) in [5.74, 6) is 2.50. The molecule has 0 aliphatic rings. The van der Waals surface area contributed by atoms with Crippen molar-refractivity contribution in [1.29, 1.82) is 0 Å². The van der Waals surface area contributed by atoms with E-state index in [0.717, 1.165) is 39.3 Å². The van der Waals surface area contributed by atoms with Crippen LogP contribution in [0.4, 0.5) is 0 Å². The highest BCUT2D eigenvalue weighted by atomic mass is 35.5. The Morgan fingerprint density at radius 1 is 0.640 bits per heavy atom. The van der Waals surface area contributed by atoms with Crippen molar-refractivity contribution in [3.8, 4) is 0 Å². The first-order chi connectivity index (χ1) is 11.1.